The van der Waals surface area contributed by atoms with Gasteiger partial charge in [-0.2, -0.15) is 0 Å². The molecule has 2 aliphatic rings. The van der Waals surface area contributed by atoms with Gasteiger partial charge in [0.1, 0.15) is 12.4 Å². The molecule has 1 fully saturated rings. The van der Waals surface area contributed by atoms with E-state index in [1.807, 2.05) is 31.2 Å². The Bertz CT molecular complexity index is 940. The predicted octanol–water partition coefficient (Wildman–Crippen LogP) is 3.52. The molecule has 1 amide bonds. The smallest absolute Gasteiger partial charge is 0.228 e. The molecule has 0 bridgehead atoms. The molecule has 144 valence electrons. The lowest BCUT2D eigenvalue weighted by atomic mass is 10.1. The van der Waals surface area contributed by atoms with Gasteiger partial charge in [0.25, 0.3) is 0 Å². The van der Waals surface area contributed by atoms with E-state index < -0.39 is 0 Å². The molecule has 2 N–H and O–H groups in total. The lowest BCUT2D eigenvalue weighted by molar-refractivity contribution is -0.154. The van der Waals surface area contributed by atoms with E-state index in [-0.39, 0.29) is 12.2 Å². The Morgan fingerprint density at radius 2 is 2.32 bits per heavy atom. The van der Waals surface area contributed by atoms with Crippen molar-refractivity contribution in [3.63, 3.8) is 0 Å². The molecular weight excluding hydrogens is 354 g/mol. The molecule has 2 aliphatic heterocycles. The summed E-state index contributed by atoms with van der Waals surface area (Å²) < 4.78 is 11.2. The first-order chi connectivity index (χ1) is 13.7. The van der Waals surface area contributed by atoms with Crippen molar-refractivity contribution >= 4 is 23.1 Å². The minimum Gasteiger partial charge on any atom is -0.353 e. The van der Waals surface area contributed by atoms with E-state index in [2.05, 4.69) is 27.5 Å². The normalized spacial score (nSPS) is 18.0. The lowest BCUT2D eigenvalue weighted by Gasteiger charge is -2.21. The van der Waals surface area contributed by atoms with Crippen LogP contribution in [0.15, 0.2) is 30.5 Å². The van der Waals surface area contributed by atoms with Crippen LogP contribution in [-0.4, -0.2) is 30.4 Å². The van der Waals surface area contributed by atoms with Crippen LogP contribution >= 0.6 is 0 Å². The molecule has 0 aliphatic carbocycles. The van der Waals surface area contributed by atoms with E-state index in [1.165, 1.54) is 0 Å². The molecule has 1 atom stereocenters. The summed E-state index contributed by atoms with van der Waals surface area (Å²) in [6, 6.07) is 7.76. The summed E-state index contributed by atoms with van der Waals surface area (Å²) >= 11 is 0. The molecule has 0 spiro atoms. The zero-order chi connectivity index (χ0) is 19.3. The van der Waals surface area contributed by atoms with Crippen molar-refractivity contribution in [1.82, 2.24) is 4.98 Å². The van der Waals surface area contributed by atoms with Crippen LogP contribution in [0.5, 0.6) is 0 Å². The molecule has 28 heavy (non-hydrogen) atoms. The van der Waals surface area contributed by atoms with E-state index in [9.17, 15) is 4.79 Å². The third kappa shape index (κ3) is 4.33. The number of pyridine rings is 1. The molecule has 1 aromatic carbocycles. The number of amides is 1. The second-order valence-electron chi connectivity index (χ2n) is 6.99. The molecule has 0 radical (unpaired) electrons. The number of aryl methyl sites for hydroxylation is 1. The van der Waals surface area contributed by atoms with Crippen LogP contribution in [0.25, 0.3) is 0 Å². The van der Waals surface area contributed by atoms with Crippen LogP contribution in [0.1, 0.15) is 36.0 Å². The van der Waals surface area contributed by atoms with Gasteiger partial charge >= 0.3 is 0 Å². The molecular formula is C22H23N3O3. The van der Waals surface area contributed by atoms with E-state index in [0.29, 0.717) is 18.8 Å². The van der Waals surface area contributed by atoms with Gasteiger partial charge in [0.05, 0.1) is 12.0 Å². The Labute approximate surface area is 164 Å². The SMILES string of the molecule is Cc1cc(Nc2ncccc2C#CCOC2CCCCO2)cc2c1NC(=O)C2. The summed E-state index contributed by atoms with van der Waals surface area (Å²) in [5.74, 6) is 6.88. The van der Waals surface area contributed by atoms with E-state index in [4.69, 9.17) is 9.47 Å². The maximum absolute atomic E-state index is 11.7. The fraction of sp³-hybridized carbons (Fsp3) is 0.364. The van der Waals surface area contributed by atoms with Crippen LogP contribution in [-0.2, 0) is 20.7 Å². The molecule has 2 aromatic rings. The van der Waals surface area contributed by atoms with Crippen LogP contribution in [0.2, 0.25) is 0 Å². The Morgan fingerprint density at radius 1 is 1.39 bits per heavy atom. The minimum atomic E-state index is -0.139. The highest BCUT2D eigenvalue weighted by Gasteiger charge is 2.20. The molecule has 6 nitrogen and oxygen atoms in total. The van der Waals surface area contributed by atoms with Crippen molar-refractivity contribution in [1.29, 1.82) is 0 Å². The third-order valence-corrected chi connectivity index (χ3v) is 4.81. The Kier molecular flexibility index (Phi) is 5.56. The second kappa shape index (κ2) is 8.42. The minimum absolute atomic E-state index is 0.0292. The Hall–Kier alpha value is -2.88. The van der Waals surface area contributed by atoms with Gasteiger partial charge in [-0.25, -0.2) is 4.98 Å². The van der Waals surface area contributed by atoms with Crippen molar-refractivity contribution in [2.24, 2.45) is 0 Å². The van der Waals surface area contributed by atoms with Gasteiger partial charge in [-0.1, -0.05) is 11.8 Å². The third-order valence-electron chi connectivity index (χ3n) is 4.81. The highest BCUT2D eigenvalue weighted by atomic mass is 16.7. The summed E-state index contributed by atoms with van der Waals surface area (Å²) in [5, 5.41) is 6.23. The summed E-state index contributed by atoms with van der Waals surface area (Å²) in [6.07, 6.45) is 5.15. The summed E-state index contributed by atoms with van der Waals surface area (Å²) in [6.45, 7) is 3.07. The van der Waals surface area contributed by atoms with Crippen molar-refractivity contribution in [3.05, 3.63) is 47.2 Å². The van der Waals surface area contributed by atoms with Crippen molar-refractivity contribution < 1.29 is 14.3 Å². The lowest BCUT2D eigenvalue weighted by Crippen LogP contribution is -2.22. The molecule has 0 saturated carbocycles. The number of ether oxygens (including phenoxy) is 2. The van der Waals surface area contributed by atoms with Crippen molar-refractivity contribution in [2.75, 3.05) is 23.8 Å². The van der Waals surface area contributed by atoms with Gasteiger partial charge in [-0.3, -0.25) is 4.79 Å². The topological polar surface area (TPSA) is 72.5 Å². The fourth-order valence-electron chi connectivity index (χ4n) is 3.46. The van der Waals surface area contributed by atoms with Gasteiger partial charge in [-0.15, -0.1) is 0 Å². The number of fused-ring (bicyclic) bond motifs is 1. The number of anilines is 3. The average molecular weight is 377 g/mol. The molecule has 1 aromatic heterocycles. The van der Waals surface area contributed by atoms with Gasteiger partial charge in [0, 0.05) is 24.2 Å². The van der Waals surface area contributed by atoms with Crippen LogP contribution in [0.4, 0.5) is 17.2 Å². The number of nitrogens with zero attached hydrogens (tertiary/aromatic N) is 1. The molecule has 3 heterocycles. The number of hydrogen-bond donors (Lipinski definition) is 2. The quantitative estimate of drug-likeness (QED) is 0.798. The van der Waals surface area contributed by atoms with E-state index in [0.717, 1.165) is 53.9 Å². The number of nitrogens with one attached hydrogen (secondary N) is 2. The largest absolute Gasteiger partial charge is 0.353 e. The predicted molar refractivity (Wildman–Crippen MR) is 107 cm³/mol. The fourth-order valence-corrected chi connectivity index (χ4v) is 3.46. The summed E-state index contributed by atoms with van der Waals surface area (Å²) in [4.78, 5) is 16.1. The number of carbonyl (C=O) groups excluding carboxylic acids is 1. The maximum Gasteiger partial charge on any atom is 0.228 e. The standard InChI is InChI=1S/C22H23N3O3/c1-15-12-18(13-17-14-19(26)25-21(15)17)24-22-16(6-4-9-23-22)7-5-11-28-20-8-2-3-10-27-20/h4,6,9,12-13,20H,2-3,8,10-11,14H2,1H3,(H,23,24)(H,25,26). The highest BCUT2D eigenvalue weighted by molar-refractivity contribution is 6.00. The summed E-state index contributed by atoms with van der Waals surface area (Å²) in [5.41, 5.74) is 4.62. The first-order valence-corrected chi connectivity index (χ1v) is 9.56. The number of aromatic nitrogens is 1. The molecule has 6 heteroatoms. The Morgan fingerprint density at radius 3 is 3.18 bits per heavy atom. The van der Waals surface area contributed by atoms with E-state index in [1.54, 1.807) is 6.20 Å². The van der Waals surface area contributed by atoms with Crippen molar-refractivity contribution in [3.8, 4) is 11.8 Å². The molecule has 1 unspecified atom stereocenters. The molecule has 1 saturated heterocycles. The van der Waals surface area contributed by atoms with Gasteiger partial charge in [0.2, 0.25) is 5.91 Å². The number of rotatable bonds is 4. The Balaban J connectivity index is 1.45. The number of hydrogen-bond acceptors (Lipinski definition) is 5. The molecule has 4 rings (SSSR count). The zero-order valence-electron chi connectivity index (χ0n) is 15.9. The maximum atomic E-state index is 11.7. The number of benzene rings is 1. The van der Waals surface area contributed by atoms with Gasteiger partial charge in [0.15, 0.2) is 6.29 Å². The first kappa shape index (κ1) is 18.5. The van der Waals surface area contributed by atoms with Gasteiger partial charge in [-0.05, 0) is 61.6 Å². The highest BCUT2D eigenvalue weighted by Crippen LogP contribution is 2.31. The zero-order valence-corrected chi connectivity index (χ0v) is 15.9. The van der Waals surface area contributed by atoms with Gasteiger partial charge < -0.3 is 20.1 Å². The van der Waals surface area contributed by atoms with Crippen LogP contribution in [0.3, 0.4) is 0 Å². The average Bonchev–Trinajstić information content (AvgIpc) is 3.08. The van der Waals surface area contributed by atoms with Crippen LogP contribution in [0, 0.1) is 18.8 Å². The first-order valence-electron chi connectivity index (χ1n) is 9.56. The van der Waals surface area contributed by atoms with E-state index >= 15 is 0 Å². The second-order valence-corrected chi connectivity index (χ2v) is 6.99. The van der Waals surface area contributed by atoms with Crippen molar-refractivity contribution in [2.45, 2.75) is 38.9 Å². The van der Waals surface area contributed by atoms with Crippen LogP contribution < -0.4 is 10.6 Å². The summed E-state index contributed by atoms with van der Waals surface area (Å²) in [7, 11) is 0. The monoisotopic (exact) mass is 377 g/mol. The number of carbonyl (C=O) groups is 1.